The first-order chi connectivity index (χ1) is 7.99. The Morgan fingerprint density at radius 2 is 2.00 bits per heavy atom. The van der Waals surface area contributed by atoms with Crippen molar-refractivity contribution in [1.29, 1.82) is 0 Å². The van der Waals surface area contributed by atoms with Gasteiger partial charge in [-0.05, 0) is 48.4 Å². The summed E-state index contributed by atoms with van der Waals surface area (Å²) in [4.78, 5) is 0. The molecule has 1 aromatic rings. The fourth-order valence-electron chi connectivity index (χ4n) is 2.49. The Bertz CT molecular complexity index is 371. The molecule has 0 heterocycles. The van der Waals surface area contributed by atoms with Gasteiger partial charge in [0.2, 0.25) is 0 Å². The van der Waals surface area contributed by atoms with E-state index in [4.69, 9.17) is 0 Å². The summed E-state index contributed by atoms with van der Waals surface area (Å²) in [5.41, 5.74) is 1.67. The molecule has 17 heavy (non-hydrogen) atoms. The molecule has 2 heteroatoms. The van der Waals surface area contributed by atoms with Crippen molar-refractivity contribution in [2.75, 3.05) is 6.54 Å². The monoisotopic (exact) mass is 235 g/mol. The van der Waals surface area contributed by atoms with Gasteiger partial charge in [-0.2, -0.15) is 0 Å². The lowest BCUT2D eigenvalue weighted by molar-refractivity contribution is 0.459. The van der Waals surface area contributed by atoms with E-state index in [-0.39, 0.29) is 5.82 Å². The average molecular weight is 235 g/mol. The summed E-state index contributed by atoms with van der Waals surface area (Å²) in [6.07, 6.45) is 2.35. The van der Waals surface area contributed by atoms with E-state index < -0.39 is 0 Å². The van der Waals surface area contributed by atoms with Crippen molar-refractivity contribution in [3.63, 3.8) is 0 Å². The molecule has 1 saturated carbocycles. The van der Waals surface area contributed by atoms with Gasteiger partial charge in [-0.25, -0.2) is 4.39 Å². The maximum Gasteiger partial charge on any atom is 0.123 e. The highest BCUT2D eigenvalue weighted by Crippen LogP contribution is 2.53. The van der Waals surface area contributed by atoms with Crippen molar-refractivity contribution < 1.29 is 4.39 Å². The second-order valence-corrected chi connectivity index (χ2v) is 5.92. The molecule has 0 bridgehead atoms. The smallest absolute Gasteiger partial charge is 0.123 e. The number of halogens is 1. The maximum absolute atomic E-state index is 12.8. The lowest BCUT2D eigenvalue weighted by atomic mass is 9.96. The van der Waals surface area contributed by atoms with Gasteiger partial charge in [-0.15, -0.1) is 0 Å². The van der Waals surface area contributed by atoms with Gasteiger partial charge in [0.05, 0.1) is 0 Å². The first-order valence-corrected chi connectivity index (χ1v) is 6.47. The quantitative estimate of drug-likeness (QED) is 0.825. The number of hydrogen-bond donors (Lipinski definition) is 1. The van der Waals surface area contributed by atoms with Crippen molar-refractivity contribution in [2.45, 2.75) is 39.7 Å². The third-order valence-corrected chi connectivity index (χ3v) is 3.83. The lowest BCUT2D eigenvalue weighted by Crippen LogP contribution is -2.26. The van der Waals surface area contributed by atoms with Crippen molar-refractivity contribution in [3.05, 3.63) is 35.6 Å². The highest BCUT2D eigenvalue weighted by Gasteiger charge is 2.48. The SMILES string of the molecule is CC(C)NCC1CC1(C)Cc1ccc(F)cc1. The Balaban J connectivity index is 1.86. The van der Waals surface area contributed by atoms with E-state index in [2.05, 4.69) is 26.1 Å². The molecule has 0 saturated heterocycles. The molecule has 1 nitrogen and oxygen atoms in total. The van der Waals surface area contributed by atoms with Crippen LogP contribution in [0.4, 0.5) is 4.39 Å². The van der Waals surface area contributed by atoms with Crippen LogP contribution in [0.1, 0.15) is 32.8 Å². The standard InChI is InChI=1S/C15H22FN/c1-11(2)17-10-13-9-15(13,3)8-12-4-6-14(16)7-5-12/h4-7,11,13,17H,8-10H2,1-3H3. The van der Waals surface area contributed by atoms with E-state index in [1.807, 2.05) is 12.1 Å². The largest absolute Gasteiger partial charge is 0.314 e. The summed E-state index contributed by atoms with van der Waals surface area (Å²) < 4.78 is 12.8. The molecule has 1 aliphatic carbocycles. The highest BCUT2D eigenvalue weighted by molar-refractivity contribution is 5.20. The van der Waals surface area contributed by atoms with Gasteiger partial charge in [0, 0.05) is 6.04 Å². The Labute approximate surface area is 103 Å². The molecule has 2 rings (SSSR count). The van der Waals surface area contributed by atoms with Gasteiger partial charge in [0.15, 0.2) is 0 Å². The first-order valence-electron chi connectivity index (χ1n) is 6.47. The predicted molar refractivity (Wildman–Crippen MR) is 69.5 cm³/mol. The minimum absolute atomic E-state index is 0.146. The van der Waals surface area contributed by atoms with Crippen LogP contribution in [0.25, 0.3) is 0 Å². The van der Waals surface area contributed by atoms with E-state index in [1.165, 1.54) is 12.0 Å². The van der Waals surface area contributed by atoms with Crippen LogP contribution in [0.15, 0.2) is 24.3 Å². The molecule has 1 aromatic carbocycles. The van der Waals surface area contributed by atoms with Gasteiger partial charge >= 0.3 is 0 Å². The topological polar surface area (TPSA) is 12.0 Å². The molecular formula is C15H22FN. The summed E-state index contributed by atoms with van der Waals surface area (Å²) in [6.45, 7) is 7.80. The zero-order valence-corrected chi connectivity index (χ0v) is 11.0. The van der Waals surface area contributed by atoms with Crippen molar-refractivity contribution in [1.82, 2.24) is 5.32 Å². The van der Waals surface area contributed by atoms with Crippen LogP contribution in [0.5, 0.6) is 0 Å². The van der Waals surface area contributed by atoms with Gasteiger partial charge in [-0.3, -0.25) is 0 Å². The molecule has 0 spiro atoms. The van der Waals surface area contributed by atoms with Crippen LogP contribution in [0.3, 0.4) is 0 Å². The summed E-state index contributed by atoms with van der Waals surface area (Å²) in [5.74, 6) is 0.627. The van der Waals surface area contributed by atoms with Gasteiger partial charge in [0.25, 0.3) is 0 Å². The molecule has 94 valence electrons. The van der Waals surface area contributed by atoms with Gasteiger partial charge in [0.1, 0.15) is 5.82 Å². The number of hydrogen-bond acceptors (Lipinski definition) is 1. The van der Waals surface area contributed by atoms with Crippen molar-refractivity contribution in [3.8, 4) is 0 Å². The predicted octanol–water partition coefficient (Wildman–Crippen LogP) is 3.39. The summed E-state index contributed by atoms with van der Waals surface area (Å²) >= 11 is 0. The number of rotatable bonds is 5. The average Bonchev–Trinajstić information content (AvgIpc) is 2.90. The fourth-order valence-corrected chi connectivity index (χ4v) is 2.49. The van der Waals surface area contributed by atoms with Gasteiger partial charge in [-0.1, -0.05) is 32.9 Å². The summed E-state index contributed by atoms with van der Waals surface area (Å²) in [5, 5.41) is 3.50. The van der Waals surface area contributed by atoms with Crippen LogP contribution in [-0.4, -0.2) is 12.6 Å². The Hall–Kier alpha value is -0.890. The Kier molecular flexibility index (Phi) is 3.53. The van der Waals surface area contributed by atoms with Crippen molar-refractivity contribution in [2.24, 2.45) is 11.3 Å². The normalized spacial score (nSPS) is 27.5. The molecule has 1 N–H and O–H groups in total. The molecular weight excluding hydrogens is 213 g/mol. The summed E-state index contributed by atoms with van der Waals surface area (Å²) in [6, 6.07) is 7.49. The third-order valence-electron chi connectivity index (χ3n) is 3.83. The minimum atomic E-state index is -0.146. The van der Waals surface area contributed by atoms with Gasteiger partial charge < -0.3 is 5.32 Å². The second-order valence-electron chi connectivity index (χ2n) is 5.92. The van der Waals surface area contributed by atoms with E-state index in [0.29, 0.717) is 11.5 Å². The molecule has 0 aliphatic heterocycles. The van der Waals surface area contributed by atoms with E-state index in [1.54, 1.807) is 12.1 Å². The number of nitrogens with one attached hydrogen (secondary N) is 1. The molecule has 0 radical (unpaired) electrons. The fraction of sp³-hybridized carbons (Fsp3) is 0.600. The van der Waals surface area contributed by atoms with Crippen LogP contribution in [0.2, 0.25) is 0 Å². The van der Waals surface area contributed by atoms with Crippen LogP contribution in [-0.2, 0) is 6.42 Å². The molecule has 1 aliphatic rings. The first kappa shape index (κ1) is 12.6. The van der Waals surface area contributed by atoms with Crippen LogP contribution in [0, 0.1) is 17.2 Å². The zero-order valence-electron chi connectivity index (χ0n) is 11.0. The number of benzene rings is 1. The Morgan fingerprint density at radius 1 is 1.35 bits per heavy atom. The van der Waals surface area contributed by atoms with Crippen LogP contribution >= 0.6 is 0 Å². The highest BCUT2D eigenvalue weighted by atomic mass is 19.1. The molecule has 2 unspecified atom stereocenters. The summed E-state index contributed by atoms with van der Waals surface area (Å²) in [7, 11) is 0. The third kappa shape index (κ3) is 3.29. The molecule has 2 atom stereocenters. The second kappa shape index (κ2) is 4.77. The Morgan fingerprint density at radius 3 is 2.59 bits per heavy atom. The van der Waals surface area contributed by atoms with Crippen molar-refractivity contribution >= 4 is 0 Å². The molecule has 0 aromatic heterocycles. The van der Waals surface area contributed by atoms with Crippen LogP contribution < -0.4 is 5.32 Å². The van der Waals surface area contributed by atoms with E-state index >= 15 is 0 Å². The minimum Gasteiger partial charge on any atom is -0.314 e. The molecule has 1 fully saturated rings. The maximum atomic E-state index is 12.8. The zero-order chi connectivity index (χ0) is 12.5. The van der Waals surface area contributed by atoms with E-state index in [9.17, 15) is 4.39 Å². The van der Waals surface area contributed by atoms with E-state index in [0.717, 1.165) is 18.9 Å². The molecule has 0 amide bonds. The lowest BCUT2D eigenvalue weighted by Gasteiger charge is -2.13.